The van der Waals surface area contributed by atoms with Crippen molar-refractivity contribution in [1.29, 1.82) is 0 Å². The van der Waals surface area contributed by atoms with Gasteiger partial charge in [-0.1, -0.05) is 0 Å². The normalized spacial score (nSPS) is 11.0. The van der Waals surface area contributed by atoms with Gasteiger partial charge in [0.15, 0.2) is 10.8 Å². The SMILES string of the molecule is CCN(C(C)=O)c1nc(CN(C)CCN(C)C(=O)c2cnn(C)n2)cs1. The number of likely N-dealkylation sites (N-methyl/N-ethyl adjacent to an activating group) is 2. The first kappa shape index (κ1) is 20.0. The summed E-state index contributed by atoms with van der Waals surface area (Å²) in [5.41, 5.74) is 1.25. The molecule has 0 aliphatic rings. The zero-order valence-electron chi connectivity index (χ0n) is 15.8. The van der Waals surface area contributed by atoms with Gasteiger partial charge in [0.25, 0.3) is 5.91 Å². The lowest BCUT2D eigenvalue weighted by Crippen LogP contribution is -2.35. The van der Waals surface area contributed by atoms with Crippen LogP contribution in [-0.2, 0) is 18.4 Å². The minimum atomic E-state index is -0.150. The van der Waals surface area contributed by atoms with E-state index in [1.807, 2.05) is 19.4 Å². The van der Waals surface area contributed by atoms with Crippen LogP contribution in [0.1, 0.15) is 30.0 Å². The van der Waals surface area contributed by atoms with E-state index in [1.54, 1.807) is 30.8 Å². The Kier molecular flexibility index (Phi) is 6.81. The summed E-state index contributed by atoms with van der Waals surface area (Å²) in [4.78, 5) is 35.1. The van der Waals surface area contributed by atoms with Crippen molar-refractivity contribution in [3.05, 3.63) is 23.0 Å². The molecule has 0 saturated carbocycles. The van der Waals surface area contributed by atoms with Crippen molar-refractivity contribution in [2.75, 3.05) is 38.6 Å². The van der Waals surface area contributed by atoms with Gasteiger partial charge >= 0.3 is 0 Å². The Morgan fingerprint density at radius 2 is 2.00 bits per heavy atom. The highest BCUT2D eigenvalue weighted by molar-refractivity contribution is 7.14. The molecule has 2 rings (SSSR count). The standard InChI is InChI=1S/C16H25N7O2S/c1-6-23(12(2)24)16-18-13(11-26-16)10-20(3)7-8-21(4)15(25)14-9-17-22(5)19-14/h9,11H,6-8,10H2,1-5H3. The van der Waals surface area contributed by atoms with Gasteiger partial charge in [-0.3, -0.25) is 19.4 Å². The van der Waals surface area contributed by atoms with Gasteiger partial charge < -0.3 is 4.90 Å². The molecule has 142 valence electrons. The average molecular weight is 379 g/mol. The first-order chi connectivity index (χ1) is 12.3. The highest BCUT2D eigenvalue weighted by Crippen LogP contribution is 2.21. The topological polar surface area (TPSA) is 87.5 Å². The highest BCUT2D eigenvalue weighted by atomic mass is 32.1. The molecule has 0 spiro atoms. The Morgan fingerprint density at radius 1 is 1.27 bits per heavy atom. The van der Waals surface area contributed by atoms with Gasteiger partial charge in [0.1, 0.15) is 0 Å². The molecule has 2 heterocycles. The lowest BCUT2D eigenvalue weighted by atomic mass is 10.3. The predicted octanol–water partition coefficient (Wildman–Crippen LogP) is 0.848. The van der Waals surface area contributed by atoms with Gasteiger partial charge in [-0.05, 0) is 14.0 Å². The number of carbonyl (C=O) groups excluding carboxylic acids is 2. The summed E-state index contributed by atoms with van der Waals surface area (Å²) in [6.45, 7) is 5.99. The predicted molar refractivity (Wildman–Crippen MR) is 100 cm³/mol. The number of rotatable bonds is 8. The lowest BCUT2D eigenvalue weighted by molar-refractivity contribution is -0.116. The minimum absolute atomic E-state index is 0.00842. The van der Waals surface area contributed by atoms with E-state index in [0.29, 0.717) is 31.9 Å². The van der Waals surface area contributed by atoms with Gasteiger partial charge in [-0.2, -0.15) is 9.90 Å². The molecule has 2 aromatic heterocycles. The Morgan fingerprint density at radius 3 is 2.58 bits per heavy atom. The van der Waals surface area contributed by atoms with Crippen LogP contribution >= 0.6 is 11.3 Å². The van der Waals surface area contributed by atoms with E-state index in [-0.39, 0.29) is 11.8 Å². The van der Waals surface area contributed by atoms with Crippen molar-refractivity contribution >= 4 is 28.3 Å². The fourth-order valence-corrected chi connectivity index (χ4v) is 3.33. The van der Waals surface area contributed by atoms with Gasteiger partial charge in [-0.25, -0.2) is 4.98 Å². The number of aryl methyl sites for hydroxylation is 1. The second-order valence-electron chi connectivity index (χ2n) is 6.07. The zero-order valence-corrected chi connectivity index (χ0v) is 16.7. The summed E-state index contributed by atoms with van der Waals surface area (Å²) in [5, 5.41) is 10.6. The maximum Gasteiger partial charge on any atom is 0.275 e. The molecule has 9 nitrogen and oxygen atoms in total. The molecule has 0 fully saturated rings. The molecule has 0 aliphatic carbocycles. The summed E-state index contributed by atoms with van der Waals surface area (Å²) in [5.74, 6) is -0.159. The van der Waals surface area contributed by atoms with E-state index in [0.717, 1.165) is 10.8 Å². The average Bonchev–Trinajstić information content (AvgIpc) is 3.21. The quantitative estimate of drug-likeness (QED) is 0.676. The molecule has 10 heteroatoms. The third kappa shape index (κ3) is 5.09. The fraction of sp³-hybridized carbons (Fsp3) is 0.562. The van der Waals surface area contributed by atoms with E-state index in [4.69, 9.17) is 0 Å². The lowest BCUT2D eigenvalue weighted by Gasteiger charge is -2.21. The molecular weight excluding hydrogens is 354 g/mol. The summed E-state index contributed by atoms with van der Waals surface area (Å²) in [7, 11) is 5.40. The van der Waals surface area contributed by atoms with Crippen LogP contribution in [0.25, 0.3) is 0 Å². The van der Waals surface area contributed by atoms with Crippen LogP contribution in [0.5, 0.6) is 0 Å². The second kappa shape index (κ2) is 8.86. The molecule has 0 aliphatic heterocycles. The highest BCUT2D eigenvalue weighted by Gasteiger charge is 2.17. The molecule has 2 amide bonds. The van der Waals surface area contributed by atoms with Crippen LogP contribution in [0.2, 0.25) is 0 Å². The summed E-state index contributed by atoms with van der Waals surface area (Å²) in [6.07, 6.45) is 1.47. The number of hydrogen-bond acceptors (Lipinski definition) is 7. The molecule has 0 unspecified atom stereocenters. The van der Waals surface area contributed by atoms with Gasteiger partial charge in [0, 0.05) is 52.6 Å². The molecule has 2 aromatic rings. The zero-order chi connectivity index (χ0) is 19.3. The minimum Gasteiger partial charge on any atom is -0.339 e. The molecule has 0 bridgehead atoms. The maximum absolute atomic E-state index is 12.2. The Balaban J connectivity index is 1.85. The molecule has 0 aromatic carbocycles. The number of anilines is 1. The summed E-state index contributed by atoms with van der Waals surface area (Å²) in [6, 6.07) is 0. The van der Waals surface area contributed by atoms with Crippen molar-refractivity contribution in [2.24, 2.45) is 7.05 Å². The molecule has 0 radical (unpaired) electrons. The summed E-state index contributed by atoms with van der Waals surface area (Å²) >= 11 is 1.47. The number of carbonyl (C=O) groups is 2. The van der Waals surface area contributed by atoms with Crippen LogP contribution in [0, 0.1) is 0 Å². The number of aromatic nitrogens is 4. The van der Waals surface area contributed by atoms with E-state index >= 15 is 0 Å². The maximum atomic E-state index is 12.2. The van der Waals surface area contributed by atoms with Crippen LogP contribution in [0.4, 0.5) is 5.13 Å². The first-order valence-corrected chi connectivity index (χ1v) is 9.22. The molecule has 26 heavy (non-hydrogen) atoms. The Labute approximate surface area is 157 Å². The molecular formula is C16H25N7O2S. The van der Waals surface area contributed by atoms with Crippen molar-refractivity contribution in [3.63, 3.8) is 0 Å². The van der Waals surface area contributed by atoms with Crippen molar-refractivity contribution in [2.45, 2.75) is 20.4 Å². The van der Waals surface area contributed by atoms with E-state index in [2.05, 4.69) is 20.1 Å². The number of nitrogens with zero attached hydrogens (tertiary/aromatic N) is 7. The second-order valence-corrected chi connectivity index (χ2v) is 6.90. The van der Waals surface area contributed by atoms with E-state index in [9.17, 15) is 9.59 Å². The van der Waals surface area contributed by atoms with Crippen molar-refractivity contribution in [1.82, 2.24) is 29.8 Å². The van der Waals surface area contributed by atoms with Crippen LogP contribution in [-0.4, -0.2) is 75.3 Å². The van der Waals surface area contributed by atoms with Crippen LogP contribution < -0.4 is 4.90 Å². The van der Waals surface area contributed by atoms with Gasteiger partial charge in [-0.15, -0.1) is 16.4 Å². The number of amides is 2. The molecule has 0 saturated heterocycles. The van der Waals surface area contributed by atoms with E-state index in [1.165, 1.54) is 22.3 Å². The van der Waals surface area contributed by atoms with Crippen molar-refractivity contribution < 1.29 is 9.59 Å². The molecule has 0 atom stereocenters. The van der Waals surface area contributed by atoms with Gasteiger partial charge in [0.2, 0.25) is 5.91 Å². The monoisotopic (exact) mass is 379 g/mol. The summed E-state index contributed by atoms with van der Waals surface area (Å²) < 4.78 is 0. The van der Waals surface area contributed by atoms with Gasteiger partial charge in [0.05, 0.1) is 11.9 Å². The molecule has 0 N–H and O–H groups in total. The fourth-order valence-electron chi connectivity index (χ4n) is 2.40. The van der Waals surface area contributed by atoms with E-state index < -0.39 is 0 Å². The van der Waals surface area contributed by atoms with Crippen molar-refractivity contribution in [3.8, 4) is 0 Å². The number of thiazole rings is 1. The Bertz CT molecular complexity index is 757. The van der Waals surface area contributed by atoms with Crippen LogP contribution in [0.3, 0.4) is 0 Å². The largest absolute Gasteiger partial charge is 0.339 e. The third-order valence-corrected chi connectivity index (χ3v) is 4.79. The Hall–Kier alpha value is -2.33. The number of hydrogen-bond donors (Lipinski definition) is 0. The first-order valence-electron chi connectivity index (χ1n) is 8.34. The van der Waals surface area contributed by atoms with Crippen LogP contribution in [0.15, 0.2) is 11.6 Å². The smallest absolute Gasteiger partial charge is 0.275 e. The third-order valence-electron chi connectivity index (χ3n) is 3.88.